The Morgan fingerprint density at radius 3 is 2.47 bits per heavy atom. The maximum Gasteiger partial charge on any atom is 0.0769 e. The molecule has 0 amide bonds. The van der Waals surface area contributed by atoms with Gasteiger partial charge < -0.3 is 5.32 Å². The minimum Gasteiger partial charge on any atom is -0.312 e. The van der Waals surface area contributed by atoms with Crippen LogP contribution in [-0.2, 0) is 0 Å². The second kappa shape index (κ2) is 4.36. The fourth-order valence-corrected chi connectivity index (χ4v) is 2.92. The predicted molar refractivity (Wildman–Crippen MR) is 77.8 cm³/mol. The van der Waals surface area contributed by atoms with E-state index < -0.39 is 0 Å². The zero-order valence-corrected chi connectivity index (χ0v) is 11.4. The summed E-state index contributed by atoms with van der Waals surface area (Å²) in [7, 11) is 1.95. The number of nitrogens with zero attached hydrogens (tertiary/aromatic N) is 1. The lowest BCUT2D eigenvalue weighted by atomic mass is 9.90. The first kappa shape index (κ1) is 12.2. The van der Waals surface area contributed by atoms with Crippen molar-refractivity contribution in [1.29, 1.82) is 5.26 Å². The predicted octanol–water partition coefficient (Wildman–Crippen LogP) is 3.71. The van der Waals surface area contributed by atoms with E-state index in [9.17, 15) is 5.26 Å². The Hall–Kier alpha value is -1.85. The van der Waals surface area contributed by atoms with Gasteiger partial charge >= 0.3 is 0 Å². The molecule has 0 radical (unpaired) electrons. The highest BCUT2D eigenvalue weighted by Crippen LogP contribution is 2.54. The lowest BCUT2D eigenvalue weighted by Gasteiger charge is -2.21. The average molecular weight is 250 g/mol. The zero-order chi connectivity index (χ0) is 13.5. The van der Waals surface area contributed by atoms with Crippen molar-refractivity contribution in [1.82, 2.24) is 5.32 Å². The molecule has 1 aliphatic rings. The van der Waals surface area contributed by atoms with Gasteiger partial charge in [-0.2, -0.15) is 5.26 Å². The highest BCUT2D eigenvalue weighted by molar-refractivity contribution is 5.84. The van der Waals surface area contributed by atoms with Gasteiger partial charge in [0, 0.05) is 0 Å². The third-order valence-corrected chi connectivity index (χ3v) is 4.21. The molecule has 1 N–H and O–H groups in total. The summed E-state index contributed by atoms with van der Waals surface area (Å²) in [6.45, 7) is 2.11. The molecule has 2 aromatic rings. The minimum atomic E-state index is -0.187. The molecule has 2 aromatic carbocycles. The number of aryl methyl sites for hydroxylation is 1. The van der Waals surface area contributed by atoms with Crippen LogP contribution in [0.25, 0.3) is 10.8 Å². The molecule has 2 nitrogen and oxygen atoms in total. The van der Waals surface area contributed by atoms with Gasteiger partial charge in [0.25, 0.3) is 0 Å². The van der Waals surface area contributed by atoms with Crippen molar-refractivity contribution in [3.05, 3.63) is 47.5 Å². The Morgan fingerprint density at radius 2 is 1.84 bits per heavy atom. The number of hydrogen-bond donors (Lipinski definition) is 1. The maximum absolute atomic E-state index is 9.38. The maximum atomic E-state index is 9.38. The molecule has 96 valence electrons. The van der Waals surface area contributed by atoms with E-state index in [0.29, 0.717) is 0 Å². The fourth-order valence-electron chi connectivity index (χ4n) is 2.92. The van der Waals surface area contributed by atoms with E-state index in [-0.39, 0.29) is 11.5 Å². The minimum absolute atomic E-state index is 0.142. The largest absolute Gasteiger partial charge is 0.312 e. The summed E-state index contributed by atoms with van der Waals surface area (Å²) in [5.74, 6) is 0. The molecule has 1 saturated carbocycles. The molecule has 1 atom stereocenters. The van der Waals surface area contributed by atoms with Crippen LogP contribution < -0.4 is 5.32 Å². The normalized spacial score (nSPS) is 17.9. The Kier molecular flexibility index (Phi) is 2.80. The van der Waals surface area contributed by atoms with Crippen LogP contribution in [0, 0.1) is 23.7 Å². The summed E-state index contributed by atoms with van der Waals surface area (Å²) in [5, 5.41) is 15.2. The number of hydrogen-bond acceptors (Lipinski definition) is 2. The van der Waals surface area contributed by atoms with E-state index in [2.05, 4.69) is 54.7 Å². The monoisotopic (exact) mass is 250 g/mol. The number of benzene rings is 2. The van der Waals surface area contributed by atoms with E-state index in [1.54, 1.807) is 0 Å². The summed E-state index contributed by atoms with van der Waals surface area (Å²) < 4.78 is 0. The standard InChI is InChI=1S/C17H18N2/c1-12-3-4-14-10-15(6-5-13(14)9-12)16(19-2)17(11-18)7-8-17/h3-6,9-10,16,19H,7-8H2,1-2H3. The molecule has 3 rings (SSSR count). The summed E-state index contributed by atoms with van der Waals surface area (Å²) in [5.41, 5.74) is 2.31. The number of nitrogens with one attached hydrogen (secondary N) is 1. The molecule has 0 spiro atoms. The van der Waals surface area contributed by atoms with Gasteiger partial charge in [-0.3, -0.25) is 0 Å². The molecule has 0 saturated heterocycles. The van der Waals surface area contributed by atoms with Crippen LogP contribution in [0.5, 0.6) is 0 Å². The first-order valence-electron chi connectivity index (χ1n) is 6.77. The Labute approximate surface area is 114 Å². The Morgan fingerprint density at radius 1 is 1.16 bits per heavy atom. The molecule has 0 heterocycles. The zero-order valence-electron chi connectivity index (χ0n) is 11.4. The first-order chi connectivity index (χ1) is 9.18. The van der Waals surface area contributed by atoms with Crippen LogP contribution in [0.2, 0.25) is 0 Å². The smallest absolute Gasteiger partial charge is 0.0769 e. The molecule has 2 heteroatoms. The van der Waals surface area contributed by atoms with Gasteiger partial charge in [0.15, 0.2) is 0 Å². The molecule has 1 aliphatic carbocycles. The molecular formula is C17H18N2. The van der Waals surface area contributed by atoms with Gasteiger partial charge in [0.1, 0.15) is 0 Å². The van der Waals surface area contributed by atoms with E-state index in [4.69, 9.17) is 0 Å². The van der Waals surface area contributed by atoms with Crippen LogP contribution in [0.1, 0.15) is 30.0 Å². The first-order valence-corrected chi connectivity index (χ1v) is 6.77. The summed E-state index contributed by atoms with van der Waals surface area (Å²) >= 11 is 0. The van der Waals surface area contributed by atoms with Gasteiger partial charge in [-0.15, -0.1) is 0 Å². The van der Waals surface area contributed by atoms with E-state index in [1.807, 2.05) is 7.05 Å². The van der Waals surface area contributed by atoms with Gasteiger partial charge in [0.2, 0.25) is 0 Å². The summed E-state index contributed by atoms with van der Waals surface area (Å²) in [4.78, 5) is 0. The highest BCUT2D eigenvalue weighted by atomic mass is 14.9. The SMILES string of the molecule is CNC(c1ccc2cc(C)ccc2c1)C1(C#N)CC1. The average Bonchev–Trinajstić information content (AvgIpc) is 3.21. The lowest BCUT2D eigenvalue weighted by Crippen LogP contribution is -2.25. The van der Waals surface area contributed by atoms with E-state index >= 15 is 0 Å². The molecule has 0 aliphatic heterocycles. The summed E-state index contributed by atoms with van der Waals surface area (Å²) in [6.07, 6.45) is 2.00. The molecule has 1 unspecified atom stereocenters. The molecule has 1 fully saturated rings. The van der Waals surface area contributed by atoms with Crippen molar-refractivity contribution in [2.24, 2.45) is 5.41 Å². The van der Waals surface area contributed by atoms with Crippen molar-refractivity contribution in [3.63, 3.8) is 0 Å². The second-order valence-electron chi connectivity index (χ2n) is 5.60. The van der Waals surface area contributed by atoms with E-state index in [0.717, 1.165) is 12.8 Å². The molecule has 0 aromatic heterocycles. The van der Waals surface area contributed by atoms with Crippen LogP contribution in [0.15, 0.2) is 36.4 Å². The highest BCUT2D eigenvalue weighted by Gasteiger charge is 2.50. The van der Waals surface area contributed by atoms with Crippen LogP contribution >= 0.6 is 0 Å². The Balaban J connectivity index is 2.05. The molecule has 0 bridgehead atoms. The third-order valence-electron chi connectivity index (χ3n) is 4.21. The van der Waals surface area contributed by atoms with Gasteiger partial charge in [-0.1, -0.05) is 35.9 Å². The number of nitriles is 1. The fraction of sp³-hybridized carbons (Fsp3) is 0.353. The summed E-state index contributed by atoms with van der Waals surface area (Å²) in [6, 6.07) is 15.7. The van der Waals surface area contributed by atoms with Crippen molar-refractivity contribution >= 4 is 10.8 Å². The topological polar surface area (TPSA) is 35.8 Å². The third kappa shape index (κ3) is 2.01. The molecular weight excluding hydrogens is 232 g/mol. The number of rotatable bonds is 3. The van der Waals surface area contributed by atoms with E-state index in [1.165, 1.54) is 21.9 Å². The van der Waals surface area contributed by atoms with Gasteiger partial charge in [-0.05, 0) is 49.2 Å². The van der Waals surface area contributed by atoms with Gasteiger partial charge in [-0.25, -0.2) is 0 Å². The lowest BCUT2D eigenvalue weighted by molar-refractivity contribution is 0.444. The van der Waals surface area contributed by atoms with Crippen molar-refractivity contribution in [2.45, 2.75) is 25.8 Å². The number of fused-ring (bicyclic) bond motifs is 1. The Bertz CT molecular complexity index is 663. The van der Waals surface area contributed by atoms with Crippen molar-refractivity contribution in [2.75, 3.05) is 7.05 Å². The molecule has 19 heavy (non-hydrogen) atoms. The van der Waals surface area contributed by atoms with Crippen LogP contribution in [0.3, 0.4) is 0 Å². The quantitative estimate of drug-likeness (QED) is 0.901. The second-order valence-corrected chi connectivity index (χ2v) is 5.60. The van der Waals surface area contributed by atoms with Crippen molar-refractivity contribution < 1.29 is 0 Å². The van der Waals surface area contributed by atoms with Crippen LogP contribution in [-0.4, -0.2) is 7.05 Å². The van der Waals surface area contributed by atoms with Gasteiger partial charge in [0.05, 0.1) is 17.5 Å². The van der Waals surface area contributed by atoms with Crippen molar-refractivity contribution in [3.8, 4) is 6.07 Å². The van der Waals surface area contributed by atoms with Crippen LogP contribution in [0.4, 0.5) is 0 Å².